The van der Waals surface area contributed by atoms with E-state index in [0.717, 1.165) is 25.5 Å². The topological polar surface area (TPSA) is 55.1 Å². The van der Waals surface area contributed by atoms with Crippen LogP contribution in [0, 0.1) is 0 Å². The maximum absolute atomic E-state index is 12.6. The van der Waals surface area contributed by atoms with E-state index in [9.17, 15) is 4.79 Å². The third kappa shape index (κ3) is 3.64. The summed E-state index contributed by atoms with van der Waals surface area (Å²) in [6.07, 6.45) is 9.34. The maximum Gasteiger partial charge on any atom is 0.256 e. The molecule has 1 N–H and O–H groups in total. The number of rotatable bonds is 5. The Morgan fingerprint density at radius 2 is 1.96 bits per heavy atom. The highest BCUT2D eigenvalue weighted by Crippen LogP contribution is 2.14. The molecule has 1 fully saturated rings. The highest BCUT2D eigenvalue weighted by molar-refractivity contribution is 5.97. The number of carbonyl (C=O) groups is 1. The first kappa shape index (κ1) is 15.8. The Bertz CT molecular complexity index is 640. The zero-order valence-corrected chi connectivity index (χ0v) is 13.9. The van der Waals surface area contributed by atoms with Crippen LogP contribution in [0.15, 0.2) is 30.7 Å². The van der Waals surface area contributed by atoms with E-state index in [-0.39, 0.29) is 11.9 Å². The quantitative estimate of drug-likeness (QED) is 0.915. The summed E-state index contributed by atoms with van der Waals surface area (Å²) in [5.74, 6) is 0.726. The lowest BCUT2D eigenvalue weighted by Gasteiger charge is -2.29. The number of carbonyl (C=O) groups excluding carboxylic acids is 1. The second-order valence-electron chi connectivity index (χ2n) is 6.33. The van der Waals surface area contributed by atoms with E-state index in [1.807, 2.05) is 36.1 Å². The van der Waals surface area contributed by atoms with Gasteiger partial charge < -0.3 is 14.8 Å². The molecule has 2 aromatic heterocycles. The minimum absolute atomic E-state index is 0.0636. The zero-order valence-electron chi connectivity index (χ0n) is 13.9. The number of piperidine rings is 1. The molecule has 6 heteroatoms. The van der Waals surface area contributed by atoms with Crippen LogP contribution in [0.1, 0.15) is 36.5 Å². The number of nitrogens with zero attached hydrogens (tertiary/aromatic N) is 4. The van der Waals surface area contributed by atoms with Gasteiger partial charge in [-0.3, -0.25) is 9.48 Å². The van der Waals surface area contributed by atoms with E-state index in [2.05, 4.69) is 22.2 Å². The molecule has 0 bridgehead atoms. The van der Waals surface area contributed by atoms with Crippen molar-refractivity contribution in [2.75, 3.05) is 19.6 Å². The zero-order chi connectivity index (χ0) is 16.2. The summed E-state index contributed by atoms with van der Waals surface area (Å²) in [5, 5.41) is 7.35. The van der Waals surface area contributed by atoms with Gasteiger partial charge in [-0.1, -0.05) is 6.42 Å². The highest BCUT2D eigenvalue weighted by Gasteiger charge is 2.20. The van der Waals surface area contributed by atoms with Crippen molar-refractivity contribution in [3.05, 3.63) is 36.3 Å². The lowest BCUT2D eigenvalue weighted by Crippen LogP contribution is -2.43. The van der Waals surface area contributed by atoms with Crippen molar-refractivity contribution < 1.29 is 4.79 Å². The number of likely N-dealkylation sites (tertiary alicyclic amines) is 1. The molecule has 1 aliphatic rings. The summed E-state index contributed by atoms with van der Waals surface area (Å²) in [4.78, 5) is 15.1. The van der Waals surface area contributed by atoms with Crippen molar-refractivity contribution in [2.24, 2.45) is 7.05 Å². The molecule has 1 amide bonds. The molecule has 6 nitrogen and oxygen atoms in total. The minimum Gasteiger partial charge on any atom is -0.348 e. The van der Waals surface area contributed by atoms with E-state index in [1.54, 1.807) is 10.9 Å². The van der Waals surface area contributed by atoms with Crippen molar-refractivity contribution in [3.8, 4) is 5.82 Å². The van der Waals surface area contributed by atoms with Gasteiger partial charge >= 0.3 is 0 Å². The Hall–Kier alpha value is -2.08. The number of aromatic nitrogens is 3. The Morgan fingerprint density at radius 1 is 1.26 bits per heavy atom. The average molecular weight is 315 g/mol. The van der Waals surface area contributed by atoms with E-state index >= 15 is 0 Å². The summed E-state index contributed by atoms with van der Waals surface area (Å²) in [6, 6.07) is 4.00. The fraction of sp³-hybridized carbons (Fsp3) is 0.529. The minimum atomic E-state index is -0.0636. The van der Waals surface area contributed by atoms with Crippen LogP contribution in [0.25, 0.3) is 5.82 Å². The first-order valence-corrected chi connectivity index (χ1v) is 8.33. The van der Waals surface area contributed by atoms with Gasteiger partial charge in [-0.15, -0.1) is 0 Å². The van der Waals surface area contributed by atoms with Gasteiger partial charge in [0, 0.05) is 32.0 Å². The molecule has 0 aromatic carbocycles. The molecule has 0 radical (unpaired) electrons. The molecular formula is C17H25N5O. The summed E-state index contributed by atoms with van der Waals surface area (Å²) in [5.41, 5.74) is 0.606. The Labute approximate surface area is 137 Å². The van der Waals surface area contributed by atoms with Gasteiger partial charge in [0.2, 0.25) is 0 Å². The lowest BCUT2D eigenvalue weighted by molar-refractivity contribution is 0.0925. The summed E-state index contributed by atoms with van der Waals surface area (Å²) in [6.45, 7) is 5.26. The molecule has 3 heterocycles. The monoisotopic (exact) mass is 315 g/mol. The largest absolute Gasteiger partial charge is 0.348 e. The molecule has 1 unspecified atom stereocenters. The predicted molar refractivity (Wildman–Crippen MR) is 89.8 cm³/mol. The molecule has 1 aliphatic heterocycles. The molecule has 1 saturated heterocycles. The molecular weight excluding hydrogens is 290 g/mol. The van der Waals surface area contributed by atoms with Crippen LogP contribution in [0.2, 0.25) is 0 Å². The summed E-state index contributed by atoms with van der Waals surface area (Å²) in [7, 11) is 1.85. The van der Waals surface area contributed by atoms with Gasteiger partial charge in [-0.2, -0.15) is 5.10 Å². The van der Waals surface area contributed by atoms with Gasteiger partial charge in [-0.05, 0) is 45.0 Å². The second kappa shape index (κ2) is 7.00. The number of aryl methyl sites for hydroxylation is 1. The molecule has 1 atom stereocenters. The summed E-state index contributed by atoms with van der Waals surface area (Å²) >= 11 is 0. The van der Waals surface area contributed by atoms with E-state index < -0.39 is 0 Å². The highest BCUT2D eigenvalue weighted by atomic mass is 16.1. The Morgan fingerprint density at radius 3 is 2.65 bits per heavy atom. The van der Waals surface area contributed by atoms with Crippen LogP contribution < -0.4 is 5.32 Å². The SMILES string of the molecule is CC(CN1CCCCC1)NC(=O)c1cnn(C)c1-n1cccc1. The molecule has 0 saturated carbocycles. The molecule has 0 aliphatic carbocycles. The van der Waals surface area contributed by atoms with Crippen LogP contribution in [0.3, 0.4) is 0 Å². The molecule has 23 heavy (non-hydrogen) atoms. The van der Waals surface area contributed by atoms with Gasteiger partial charge in [0.25, 0.3) is 5.91 Å². The van der Waals surface area contributed by atoms with Crippen molar-refractivity contribution in [1.29, 1.82) is 0 Å². The van der Waals surface area contributed by atoms with Gasteiger partial charge in [0.1, 0.15) is 11.4 Å². The van der Waals surface area contributed by atoms with Gasteiger partial charge in [0.15, 0.2) is 0 Å². The van der Waals surface area contributed by atoms with Crippen LogP contribution in [0.4, 0.5) is 0 Å². The van der Waals surface area contributed by atoms with Crippen LogP contribution >= 0.6 is 0 Å². The predicted octanol–water partition coefficient (Wildman–Crippen LogP) is 1.81. The number of hydrogen-bond acceptors (Lipinski definition) is 3. The number of hydrogen-bond donors (Lipinski definition) is 1. The normalized spacial score (nSPS) is 17.1. The Kier molecular flexibility index (Phi) is 4.81. The molecule has 124 valence electrons. The lowest BCUT2D eigenvalue weighted by atomic mass is 10.1. The summed E-state index contributed by atoms with van der Waals surface area (Å²) < 4.78 is 3.64. The standard InChI is InChI=1S/C17H25N5O/c1-14(13-21-8-4-3-5-9-21)19-16(23)15-12-18-20(2)17(15)22-10-6-7-11-22/h6-7,10-12,14H,3-5,8-9,13H2,1-2H3,(H,19,23). The van der Waals surface area contributed by atoms with Crippen molar-refractivity contribution in [2.45, 2.75) is 32.2 Å². The maximum atomic E-state index is 12.6. The van der Waals surface area contributed by atoms with Crippen molar-refractivity contribution in [3.63, 3.8) is 0 Å². The van der Waals surface area contributed by atoms with E-state index in [0.29, 0.717) is 5.56 Å². The van der Waals surface area contributed by atoms with Crippen LogP contribution in [-0.2, 0) is 7.05 Å². The third-order valence-corrected chi connectivity index (χ3v) is 4.36. The molecule has 3 rings (SSSR count). The average Bonchev–Trinajstić information content (AvgIpc) is 3.17. The van der Waals surface area contributed by atoms with E-state index in [1.165, 1.54) is 19.3 Å². The fourth-order valence-electron chi connectivity index (χ4n) is 3.25. The number of amides is 1. The second-order valence-corrected chi connectivity index (χ2v) is 6.33. The first-order chi connectivity index (χ1) is 11.1. The molecule has 2 aromatic rings. The fourth-order valence-corrected chi connectivity index (χ4v) is 3.25. The smallest absolute Gasteiger partial charge is 0.256 e. The van der Waals surface area contributed by atoms with Gasteiger partial charge in [-0.25, -0.2) is 0 Å². The van der Waals surface area contributed by atoms with Crippen LogP contribution in [-0.4, -0.2) is 50.8 Å². The van der Waals surface area contributed by atoms with Crippen molar-refractivity contribution in [1.82, 2.24) is 24.6 Å². The van der Waals surface area contributed by atoms with Crippen LogP contribution in [0.5, 0.6) is 0 Å². The Balaban J connectivity index is 1.66. The first-order valence-electron chi connectivity index (χ1n) is 8.33. The third-order valence-electron chi connectivity index (χ3n) is 4.36. The van der Waals surface area contributed by atoms with Crippen molar-refractivity contribution >= 4 is 5.91 Å². The molecule has 0 spiro atoms. The van der Waals surface area contributed by atoms with Gasteiger partial charge in [0.05, 0.1) is 6.20 Å². The van der Waals surface area contributed by atoms with E-state index in [4.69, 9.17) is 0 Å². The number of nitrogens with one attached hydrogen (secondary N) is 1.